The van der Waals surface area contributed by atoms with Crippen LogP contribution in [0, 0.1) is 0 Å². The maximum absolute atomic E-state index is 12.3. The number of piperidine rings is 1. The number of hydrogen-bond acceptors (Lipinski definition) is 2. The summed E-state index contributed by atoms with van der Waals surface area (Å²) in [5.74, 6) is 0.0851. The lowest BCUT2D eigenvalue weighted by Gasteiger charge is -2.31. The zero-order valence-corrected chi connectivity index (χ0v) is 13.8. The largest absolute Gasteiger partial charge is 0.339 e. The Morgan fingerprint density at radius 3 is 2.58 bits per heavy atom. The second-order valence-corrected chi connectivity index (χ2v) is 5.75. The van der Waals surface area contributed by atoms with Gasteiger partial charge >= 0.3 is 0 Å². The highest BCUT2D eigenvalue weighted by Crippen LogP contribution is 2.24. The van der Waals surface area contributed by atoms with Crippen molar-refractivity contribution in [1.82, 2.24) is 10.2 Å². The van der Waals surface area contributed by atoms with Crippen molar-refractivity contribution in [3.8, 4) is 0 Å². The third-order valence-electron chi connectivity index (χ3n) is 3.36. The Balaban J connectivity index is 0.00000180. The molecule has 0 spiro atoms. The van der Waals surface area contributed by atoms with E-state index in [0.717, 1.165) is 30.4 Å². The summed E-state index contributed by atoms with van der Waals surface area (Å²) in [6.45, 7) is 1.62. The van der Waals surface area contributed by atoms with E-state index in [4.69, 9.17) is 11.6 Å². The highest BCUT2D eigenvalue weighted by molar-refractivity contribution is 9.10. The van der Waals surface area contributed by atoms with Crippen LogP contribution in [-0.2, 0) is 0 Å². The molecule has 1 amide bonds. The van der Waals surface area contributed by atoms with E-state index in [2.05, 4.69) is 21.2 Å². The van der Waals surface area contributed by atoms with Crippen LogP contribution in [0.5, 0.6) is 0 Å². The molecule has 1 fully saturated rings. The molecule has 0 unspecified atom stereocenters. The highest BCUT2D eigenvalue weighted by atomic mass is 79.9. The summed E-state index contributed by atoms with van der Waals surface area (Å²) in [6, 6.07) is 5.85. The number of carbonyl (C=O) groups is 1. The van der Waals surface area contributed by atoms with Gasteiger partial charge in [0.2, 0.25) is 0 Å². The van der Waals surface area contributed by atoms with E-state index in [9.17, 15) is 4.79 Å². The number of benzene rings is 1. The first kappa shape index (κ1) is 16.8. The molecular weight excluding hydrogens is 351 g/mol. The summed E-state index contributed by atoms with van der Waals surface area (Å²) in [5.41, 5.74) is 0.689. The van der Waals surface area contributed by atoms with Crippen LogP contribution in [0.3, 0.4) is 0 Å². The van der Waals surface area contributed by atoms with Crippen LogP contribution in [-0.4, -0.2) is 37.0 Å². The summed E-state index contributed by atoms with van der Waals surface area (Å²) >= 11 is 9.28. The van der Waals surface area contributed by atoms with Crippen LogP contribution >= 0.6 is 39.9 Å². The predicted molar refractivity (Wildman–Crippen MR) is 84.4 cm³/mol. The third-order valence-corrected chi connectivity index (χ3v) is 4.57. The van der Waals surface area contributed by atoms with Crippen LogP contribution < -0.4 is 5.32 Å². The van der Waals surface area contributed by atoms with Gasteiger partial charge in [0.1, 0.15) is 0 Å². The van der Waals surface area contributed by atoms with Crippen LogP contribution in [0.25, 0.3) is 0 Å². The molecule has 0 bridgehead atoms. The maximum atomic E-state index is 12.3. The Morgan fingerprint density at radius 2 is 2.05 bits per heavy atom. The van der Waals surface area contributed by atoms with Crippen molar-refractivity contribution in [3.63, 3.8) is 0 Å². The molecule has 1 aromatic carbocycles. The van der Waals surface area contributed by atoms with Gasteiger partial charge in [-0.15, -0.1) is 12.4 Å². The molecule has 2 rings (SSSR count). The molecule has 19 heavy (non-hydrogen) atoms. The standard InChI is InChI=1S/C13H16BrClN2O.ClH/c1-16-10-4-6-17(7-5-10)13(18)9-2-3-12(15)11(14)8-9;/h2-3,8,10,16H,4-7H2,1H3;1H. The molecule has 1 N–H and O–H groups in total. The lowest BCUT2D eigenvalue weighted by Crippen LogP contribution is -2.43. The van der Waals surface area contributed by atoms with Crippen molar-refractivity contribution in [2.75, 3.05) is 20.1 Å². The van der Waals surface area contributed by atoms with E-state index >= 15 is 0 Å². The second-order valence-electron chi connectivity index (χ2n) is 4.48. The van der Waals surface area contributed by atoms with E-state index in [0.29, 0.717) is 16.6 Å². The summed E-state index contributed by atoms with van der Waals surface area (Å²) in [5, 5.41) is 3.88. The molecule has 1 heterocycles. The summed E-state index contributed by atoms with van der Waals surface area (Å²) in [6.07, 6.45) is 2.02. The van der Waals surface area contributed by atoms with Gasteiger partial charge in [-0.2, -0.15) is 0 Å². The Bertz CT molecular complexity index is 448. The zero-order chi connectivity index (χ0) is 13.1. The molecule has 1 aromatic rings. The minimum absolute atomic E-state index is 0. The van der Waals surface area contributed by atoms with Gasteiger partial charge in [-0.3, -0.25) is 4.79 Å². The monoisotopic (exact) mass is 366 g/mol. The highest BCUT2D eigenvalue weighted by Gasteiger charge is 2.22. The van der Waals surface area contributed by atoms with Crippen LogP contribution in [0.1, 0.15) is 23.2 Å². The van der Waals surface area contributed by atoms with Gasteiger partial charge in [-0.25, -0.2) is 0 Å². The number of nitrogens with one attached hydrogen (secondary N) is 1. The quantitative estimate of drug-likeness (QED) is 0.869. The number of halogens is 3. The van der Waals surface area contributed by atoms with Gasteiger partial charge in [0.15, 0.2) is 0 Å². The van der Waals surface area contributed by atoms with Gasteiger partial charge in [0.05, 0.1) is 5.02 Å². The number of rotatable bonds is 2. The molecule has 3 nitrogen and oxygen atoms in total. The van der Waals surface area contributed by atoms with Gasteiger partial charge < -0.3 is 10.2 Å². The Morgan fingerprint density at radius 1 is 1.42 bits per heavy atom. The van der Waals surface area contributed by atoms with Crippen molar-refractivity contribution >= 4 is 45.8 Å². The SMILES string of the molecule is CNC1CCN(C(=O)c2ccc(Cl)c(Br)c2)CC1.Cl. The van der Waals surface area contributed by atoms with Crippen LogP contribution in [0.2, 0.25) is 5.02 Å². The Hall–Kier alpha value is -0.290. The van der Waals surface area contributed by atoms with E-state index in [1.165, 1.54) is 0 Å². The van der Waals surface area contributed by atoms with Crippen molar-refractivity contribution in [1.29, 1.82) is 0 Å². The van der Waals surface area contributed by atoms with E-state index in [1.807, 2.05) is 11.9 Å². The van der Waals surface area contributed by atoms with Crippen molar-refractivity contribution in [3.05, 3.63) is 33.3 Å². The molecule has 0 atom stereocenters. The fourth-order valence-corrected chi connectivity index (χ4v) is 2.68. The summed E-state index contributed by atoms with van der Waals surface area (Å²) < 4.78 is 0.764. The average Bonchev–Trinajstić information content (AvgIpc) is 2.41. The fourth-order valence-electron chi connectivity index (χ4n) is 2.18. The summed E-state index contributed by atoms with van der Waals surface area (Å²) in [7, 11) is 1.97. The number of hydrogen-bond donors (Lipinski definition) is 1. The zero-order valence-electron chi connectivity index (χ0n) is 10.7. The third kappa shape index (κ3) is 4.09. The lowest BCUT2D eigenvalue weighted by molar-refractivity contribution is 0.0707. The minimum atomic E-state index is 0. The second kappa shape index (κ2) is 7.48. The lowest BCUT2D eigenvalue weighted by atomic mass is 10.0. The van der Waals surface area contributed by atoms with Gasteiger partial charge in [-0.1, -0.05) is 11.6 Å². The first-order chi connectivity index (χ1) is 8.61. The van der Waals surface area contributed by atoms with Gasteiger partial charge in [0, 0.05) is 29.2 Å². The van der Waals surface area contributed by atoms with Gasteiger partial charge in [0.25, 0.3) is 5.91 Å². The molecule has 0 saturated carbocycles. The van der Waals surface area contributed by atoms with Crippen molar-refractivity contribution in [2.45, 2.75) is 18.9 Å². The maximum Gasteiger partial charge on any atom is 0.253 e. The topological polar surface area (TPSA) is 32.3 Å². The van der Waals surface area contributed by atoms with Crippen molar-refractivity contribution in [2.24, 2.45) is 0 Å². The van der Waals surface area contributed by atoms with Crippen LogP contribution in [0.4, 0.5) is 0 Å². The smallest absolute Gasteiger partial charge is 0.253 e. The number of likely N-dealkylation sites (tertiary alicyclic amines) is 1. The predicted octanol–water partition coefficient (Wildman–Crippen LogP) is 3.35. The molecular formula is C13H17BrCl2N2O. The summed E-state index contributed by atoms with van der Waals surface area (Å²) in [4.78, 5) is 14.2. The number of amides is 1. The van der Waals surface area contributed by atoms with Crippen LogP contribution in [0.15, 0.2) is 22.7 Å². The van der Waals surface area contributed by atoms with E-state index < -0.39 is 0 Å². The molecule has 106 valence electrons. The molecule has 0 aromatic heterocycles. The average molecular weight is 368 g/mol. The first-order valence-corrected chi connectivity index (χ1v) is 7.20. The Kier molecular flexibility index (Phi) is 6.60. The van der Waals surface area contributed by atoms with E-state index in [1.54, 1.807) is 18.2 Å². The first-order valence-electron chi connectivity index (χ1n) is 6.03. The molecule has 0 aliphatic carbocycles. The van der Waals surface area contributed by atoms with E-state index in [-0.39, 0.29) is 18.3 Å². The normalized spacial score (nSPS) is 16.1. The van der Waals surface area contributed by atoms with Crippen molar-refractivity contribution < 1.29 is 4.79 Å². The Labute approximate surface area is 133 Å². The molecule has 1 aliphatic rings. The number of nitrogens with zero attached hydrogens (tertiary/aromatic N) is 1. The molecule has 1 aliphatic heterocycles. The fraction of sp³-hybridized carbons (Fsp3) is 0.462. The van der Waals surface area contributed by atoms with Gasteiger partial charge in [-0.05, 0) is 54.0 Å². The number of carbonyl (C=O) groups excluding carboxylic acids is 1. The molecule has 1 saturated heterocycles. The molecule has 6 heteroatoms. The molecule has 0 radical (unpaired) electrons. The minimum Gasteiger partial charge on any atom is -0.339 e.